The number of benzene rings is 1. The second kappa shape index (κ2) is 8.36. The lowest BCUT2D eigenvalue weighted by atomic mass is 9.81. The average molecular weight is 350 g/mol. The van der Waals surface area contributed by atoms with Gasteiger partial charge < -0.3 is 11.1 Å². The van der Waals surface area contributed by atoms with Crippen molar-refractivity contribution in [2.24, 2.45) is 11.1 Å². The van der Waals surface area contributed by atoms with E-state index in [1.807, 2.05) is 13.8 Å². The fraction of sp³-hybridized carbons (Fsp3) is 0.500. The third kappa shape index (κ3) is 5.47. The molecule has 1 rings (SSSR count). The van der Waals surface area contributed by atoms with E-state index in [9.17, 15) is 13.2 Å². The molecule has 8 heteroatoms. The van der Waals surface area contributed by atoms with Crippen LogP contribution in [0.25, 0.3) is 0 Å². The molecule has 0 unspecified atom stereocenters. The predicted molar refractivity (Wildman–Crippen MR) is 92.9 cm³/mol. The Morgan fingerprint density at radius 2 is 1.77 bits per heavy atom. The van der Waals surface area contributed by atoms with Crippen LogP contribution in [0.4, 0.5) is 11.4 Å². The Labute approximate surface area is 138 Å². The maximum absolute atomic E-state index is 12.4. The van der Waals surface area contributed by atoms with E-state index in [0.29, 0.717) is 24.2 Å². The lowest BCUT2D eigenvalue weighted by Gasteiger charge is -2.28. The predicted octanol–water partition coefficient (Wildman–Crippen LogP) is 2.18. The third-order valence-corrected chi connectivity index (χ3v) is 4.26. The molecule has 0 heterocycles. The molecule has 126 valence electrons. The Bertz CT molecular complexity index is 593. The van der Waals surface area contributed by atoms with Crippen LogP contribution in [0.1, 0.15) is 26.7 Å². The van der Waals surface area contributed by atoms with Crippen LogP contribution in [0.3, 0.4) is 0 Å². The molecule has 1 aromatic carbocycles. The summed E-state index contributed by atoms with van der Waals surface area (Å²) in [7, 11) is -3.35. The summed E-state index contributed by atoms with van der Waals surface area (Å²) < 4.78 is 24.8. The van der Waals surface area contributed by atoms with Gasteiger partial charge in [0.15, 0.2) is 0 Å². The second-order valence-electron chi connectivity index (χ2n) is 5.10. The molecular weight excluding hydrogens is 326 g/mol. The normalized spacial score (nSPS) is 11.5. The first-order valence-electron chi connectivity index (χ1n) is 6.85. The van der Waals surface area contributed by atoms with Gasteiger partial charge >= 0.3 is 0 Å². The maximum Gasteiger partial charge on any atom is 0.231 e. The van der Waals surface area contributed by atoms with Crippen molar-refractivity contribution in [1.29, 1.82) is 0 Å². The zero-order valence-corrected chi connectivity index (χ0v) is 14.7. The van der Waals surface area contributed by atoms with Crippen molar-refractivity contribution in [3.8, 4) is 0 Å². The van der Waals surface area contributed by atoms with Gasteiger partial charge in [0.25, 0.3) is 0 Å². The number of rotatable bonds is 7. The number of nitrogens with one attached hydrogen (secondary N) is 2. The van der Waals surface area contributed by atoms with Crippen molar-refractivity contribution in [3.63, 3.8) is 0 Å². The first-order valence-corrected chi connectivity index (χ1v) is 8.75. The van der Waals surface area contributed by atoms with Gasteiger partial charge in [-0.3, -0.25) is 9.52 Å². The van der Waals surface area contributed by atoms with Crippen LogP contribution < -0.4 is 15.8 Å². The Hall–Kier alpha value is -1.31. The summed E-state index contributed by atoms with van der Waals surface area (Å²) in [6.07, 6.45) is 2.37. The van der Waals surface area contributed by atoms with E-state index in [1.165, 1.54) is 0 Å². The molecule has 0 spiro atoms. The second-order valence-corrected chi connectivity index (χ2v) is 6.85. The lowest BCUT2D eigenvalue weighted by molar-refractivity contribution is -0.125. The van der Waals surface area contributed by atoms with Crippen LogP contribution in [0.15, 0.2) is 24.3 Å². The minimum absolute atomic E-state index is 0. The molecule has 0 atom stereocenters. The molecule has 0 bridgehead atoms. The van der Waals surface area contributed by atoms with Crippen LogP contribution in [-0.2, 0) is 14.8 Å². The number of halogens is 1. The standard InChI is InChI=1S/C14H23N3O3S.ClH/c1-4-14(5-2,10-15)13(18)16-11-7-6-8-12(9-11)17-21(3,19)20;/h6-9,17H,4-5,10,15H2,1-3H3,(H,16,18);1H. The highest BCUT2D eigenvalue weighted by Gasteiger charge is 2.33. The molecule has 4 N–H and O–H groups in total. The van der Waals surface area contributed by atoms with Crippen molar-refractivity contribution >= 4 is 39.7 Å². The van der Waals surface area contributed by atoms with Crippen LogP contribution in [0.2, 0.25) is 0 Å². The summed E-state index contributed by atoms with van der Waals surface area (Å²) >= 11 is 0. The van der Waals surface area contributed by atoms with Crippen molar-refractivity contribution in [3.05, 3.63) is 24.3 Å². The fourth-order valence-corrected chi connectivity index (χ4v) is 2.65. The van der Waals surface area contributed by atoms with Gasteiger partial charge in [-0.2, -0.15) is 0 Å². The SMILES string of the molecule is CCC(CC)(CN)C(=O)Nc1cccc(NS(C)(=O)=O)c1.Cl. The van der Waals surface area contributed by atoms with Gasteiger partial charge in [-0.05, 0) is 31.0 Å². The summed E-state index contributed by atoms with van der Waals surface area (Å²) in [5, 5.41) is 2.81. The molecule has 0 fully saturated rings. The zero-order chi connectivity index (χ0) is 16.1. The highest BCUT2D eigenvalue weighted by atomic mass is 35.5. The van der Waals surface area contributed by atoms with E-state index in [2.05, 4.69) is 10.0 Å². The van der Waals surface area contributed by atoms with Crippen LogP contribution in [0.5, 0.6) is 0 Å². The monoisotopic (exact) mass is 349 g/mol. The fourth-order valence-electron chi connectivity index (χ4n) is 2.09. The number of hydrogen-bond donors (Lipinski definition) is 3. The summed E-state index contributed by atoms with van der Waals surface area (Å²) in [5.74, 6) is -0.147. The Kier molecular flexibility index (Phi) is 7.86. The van der Waals surface area contributed by atoms with Gasteiger partial charge in [0.1, 0.15) is 0 Å². The van der Waals surface area contributed by atoms with Gasteiger partial charge in [0, 0.05) is 12.2 Å². The molecule has 0 saturated carbocycles. The van der Waals surface area contributed by atoms with Gasteiger partial charge in [0.05, 0.1) is 17.4 Å². The number of sulfonamides is 1. The minimum Gasteiger partial charge on any atom is -0.329 e. The third-order valence-electron chi connectivity index (χ3n) is 3.65. The highest BCUT2D eigenvalue weighted by molar-refractivity contribution is 7.92. The molecule has 1 amide bonds. The van der Waals surface area contributed by atoms with Crippen molar-refractivity contribution < 1.29 is 13.2 Å². The molecule has 0 aliphatic rings. The van der Waals surface area contributed by atoms with E-state index in [4.69, 9.17) is 5.73 Å². The topological polar surface area (TPSA) is 101 Å². The highest BCUT2D eigenvalue weighted by Crippen LogP contribution is 2.27. The molecular formula is C14H24ClN3O3S. The molecule has 1 aromatic rings. The first-order chi connectivity index (χ1) is 9.76. The minimum atomic E-state index is -3.35. The number of hydrogen-bond acceptors (Lipinski definition) is 4. The number of carbonyl (C=O) groups is 1. The summed E-state index contributed by atoms with van der Waals surface area (Å²) in [6, 6.07) is 6.57. The maximum atomic E-state index is 12.4. The van der Waals surface area contributed by atoms with Crippen molar-refractivity contribution in [2.45, 2.75) is 26.7 Å². The Morgan fingerprint density at radius 1 is 1.23 bits per heavy atom. The first kappa shape index (κ1) is 20.7. The summed E-state index contributed by atoms with van der Waals surface area (Å²) in [5.41, 5.74) is 6.09. The summed E-state index contributed by atoms with van der Waals surface area (Å²) in [6.45, 7) is 4.13. The van der Waals surface area contributed by atoms with E-state index in [1.54, 1.807) is 24.3 Å². The van der Waals surface area contributed by atoms with E-state index >= 15 is 0 Å². The largest absolute Gasteiger partial charge is 0.329 e. The summed E-state index contributed by atoms with van der Waals surface area (Å²) in [4.78, 5) is 12.4. The molecule has 6 nitrogen and oxygen atoms in total. The van der Waals surface area contributed by atoms with Crippen LogP contribution in [0, 0.1) is 5.41 Å². The lowest BCUT2D eigenvalue weighted by Crippen LogP contribution is -2.41. The smallest absolute Gasteiger partial charge is 0.231 e. The quantitative estimate of drug-likeness (QED) is 0.702. The Morgan fingerprint density at radius 3 is 2.23 bits per heavy atom. The van der Waals surface area contributed by atoms with Crippen molar-refractivity contribution in [2.75, 3.05) is 22.8 Å². The van der Waals surface area contributed by atoms with Crippen LogP contribution >= 0.6 is 12.4 Å². The zero-order valence-electron chi connectivity index (χ0n) is 13.0. The van der Waals surface area contributed by atoms with Crippen LogP contribution in [-0.4, -0.2) is 27.1 Å². The molecule has 0 aromatic heterocycles. The van der Waals surface area contributed by atoms with Gasteiger partial charge in [-0.1, -0.05) is 19.9 Å². The molecule has 0 radical (unpaired) electrons. The number of nitrogens with two attached hydrogens (primary N) is 1. The van der Waals surface area contributed by atoms with Gasteiger partial charge in [-0.15, -0.1) is 12.4 Å². The van der Waals surface area contributed by atoms with Crippen molar-refractivity contribution in [1.82, 2.24) is 0 Å². The number of amides is 1. The average Bonchev–Trinajstić information content (AvgIpc) is 2.40. The van der Waals surface area contributed by atoms with E-state index < -0.39 is 15.4 Å². The van der Waals surface area contributed by atoms with Gasteiger partial charge in [0.2, 0.25) is 15.9 Å². The Balaban J connectivity index is 0.00000441. The molecule has 0 aliphatic heterocycles. The molecule has 0 saturated heterocycles. The number of anilines is 2. The number of carbonyl (C=O) groups excluding carboxylic acids is 1. The van der Waals surface area contributed by atoms with E-state index in [-0.39, 0.29) is 24.9 Å². The molecule has 22 heavy (non-hydrogen) atoms. The van der Waals surface area contributed by atoms with E-state index in [0.717, 1.165) is 6.26 Å². The van der Waals surface area contributed by atoms with Gasteiger partial charge in [-0.25, -0.2) is 8.42 Å². The molecule has 0 aliphatic carbocycles.